The van der Waals surface area contributed by atoms with Crippen molar-refractivity contribution < 1.29 is 0 Å². The molecule has 0 aromatic carbocycles. The molecular formula is C15H22N6. The molecule has 2 heterocycles. The van der Waals surface area contributed by atoms with Crippen LogP contribution in [0.3, 0.4) is 0 Å². The van der Waals surface area contributed by atoms with Crippen LogP contribution in [0.1, 0.15) is 39.0 Å². The Morgan fingerprint density at radius 3 is 2.86 bits per heavy atom. The van der Waals surface area contributed by atoms with Crippen molar-refractivity contribution in [3.05, 3.63) is 6.20 Å². The molecule has 2 saturated carbocycles. The fraction of sp³-hybridized carbons (Fsp3) is 0.667. The second kappa shape index (κ2) is 5.16. The van der Waals surface area contributed by atoms with E-state index in [0.717, 1.165) is 42.3 Å². The van der Waals surface area contributed by atoms with Crippen LogP contribution in [0.2, 0.25) is 0 Å². The van der Waals surface area contributed by atoms with Gasteiger partial charge >= 0.3 is 0 Å². The maximum atomic E-state index is 4.80. The van der Waals surface area contributed by atoms with Gasteiger partial charge in [-0.15, -0.1) is 0 Å². The molecule has 6 heteroatoms. The normalized spacial score (nSPS) is 18.1. The van der Waals surface area contributed by atoms with Crippen molar-refractivity contribution in [2.75, 3.05) is 23.3 Å². The highest BCUT2D eigenvalue weighted by Crippen LogP contribution is 2.39. The summed E-state index contributed by atoms with van der Waals surface area (Å²) in [7, 11) is 0. The largest absolute Gasteiger partial charge is 0.354 e. The average Bonchev–Trinajstić information content (AvgIpc) is 3.40. The topological polar surface area (TPSA) is 69.7 Å². The van der Waals surface area contributed by atoms with Crippen molar-refractivity contribution in [2.45, 2.75) is 45.1 Å². The zero-order valence-corrected chi connectivity index (χ0v) is 12.5. The van der Waals surface area contributed by atoms with Crippen LogP contribution in [-0.4, -0.2) is 39.3 Å². The van der Waals surface area contributed by atoms with Crippen molar-refractivity contribution in [1.29, 1.82) is 0 Å². The maximum Gasteiger partial charge on any atom is 0.226 e. The van der Waals surface area contributed by atoms with E-state index in [0.29, 0.717) is 12.0 Å². The third kappa shape index (κ3) is 2.66. The van der Waals surface area contributed by atoms with Crippen molar-refractivity contribution in [3.8, 4) is 0 Å². The lowest BCUT2D eigenvalue weighted by molar-refractivity contribution is 0.711. The molecule has 0 aliphatic heterocycles. The standard InChI is InChI=1S/C15H22N6/c1-2-7-16-15-18-13-12(8-17-20-13)14(19-15)21(11-5-6-11)9-10-3-4-10/h8,10-11H,2-7,9H2,1H3,(H2,16,17,18,19,20). The number of nitrogens with one attached hydrogen (secondary N) is 2. The minimum Gasteiger partial charge on any atom is -0.354 e. The Kier molecular flexibility index (Phi) is 3.16. The number of hydrogen-bond donors (Lipinski definition) is 2. The minimum absolute atomic E-state index is 0.664. The van der Waals surface area contributed by atoms with Gasteiger partial charge < -0.3 is 10.2 Å². The number of rotatable bonds is 7. The molecule has 112 valence electrons. The first kappa shape index (κ1) is 12.9. The van der Waals surface area contributed by atoms with Crippen LogP contribution in [0.25, 0.3) is 11.0 Å². The zero-order valence-electron chi connectivity index (χ0n) is 12.5. The number of nitrogens with zero attached hydrogens (tertiary/aromatic N) is 4. The molecule has 0 radical (unpaired) electrons. The fourth-order valence-electron chi connectivity index (χ4n) is 2.73. The van der Waals surface area contributed by atoms with Crippen LogP contribution in [0.15, 0.2) is 6.20 Å². The van der Waals surface area contributed by atoms with Gasteiger partial charge in [-0.2, -0.15) is 15.1 Å². The molecule has 21 heavy (non-hydrogen) atoms. The van der Waals surface area contributed by atoms with Gasteiger partial charge in [-0.1, -0.05) is 6.92 Å². The lowest BCUT2D eigenvalue weighted by atomic mass is 10.3. The van der Waals surface area contributed by atoms with Gasteiger partial charge in [-0.05, 0) is 38.0 Å². The molecule has 2 fully saturated rings. The molecule has 2 aromatic rings. The Balaban J connectivity index is 1.71. The third-order valence-corrected chi connectivity index (χ3v) is 4.23. The predicted octanol–water partition coefficient (Wildman–Crippen LogP) is 2.55. The van der Waals surface area contributed by atoms with E-state index in [1.54, 1.807) is 0 Å². The first-order chi connectivity index (χ1) is 10.3. The molecule has 6 nitrogen and oxygen atoms in total. The molecule has 0 bridgehead atoms. The number of anilines is 2. The summed E-state index contributed by atoms with van der Waals surface area (Å²) in [5.41, 5.74) is 0.833. The van der Waals surface area contributed by atoms with Crippen LogP contribution < -0.4 is 10.2 Å². The summed E-state index contributed by atoms with van der Waals surface area (Å²) in [5.74, 6) is 2.63. The molecule has 4 rings (SSSR count). The van der Waals surface area contributed by atoms with Crippen LogP contribution >= 0.6 is 0 Å². The molecule has 2 aliphatic carbocycles. The smallest absolute Gasteiger partial charge is 0.226 e. The van der Waals surface area contributed by atoms with Crippen molar-refractivity contribution >= 4 is 22.8 Å². The molecule has 2 aliphatic rings. The van der Waals surface area contributed by atoms with Gasteiger partial charge in [0.2, 0.25) is 5.95 Å². The number of fused-ring (bicyclic) bond motifs is 1. The van der Waals surface area contributed by atoms with E-state index in [-0.39, 0.29) is 0 Å². The Morgan fingerprint density at radius 2 is 2.14 bits per heavy atom. The number of aromatic amines is 1. The lowest BCUT2D eigenvalue weighted by Crippen LogP contribution is -2.29. The molecule has 0 spiro atoms. The molecule has 0 saturated heterocycles. The average molecular weight is 286 g/mol. The number of H-pyrrole nitrogens is 1. The molecule has 0 amide bonds. The summed E-state index contributed by atoms with van der Waals surface area (Å²) in [6, 6.07) is 0.664. The number of aromatic nitrogens is 4. The van der Waals surface area contributed by atoms with Crippen LogP contribution in [-0.2, 0) is 0 Å². The Labute approximate surface area is 124 Å². The van der Waals surface area contributed by atoms with Gasteiger partial charge in [0.1, 0.15) is 5.82 Å². The third-order valence-electron chi connectivity index (χ3n) is 4.23. The van der Waals surface area contributed by atoms with Gasteiger partial charge in [-0.25, -0.2) is 0 Å². The Bertz CT molecular complexity index is 628. The Morgan fingerprint density at radius 1 is 1.29 bits per heavy atom. The minimum atomic E-state index is 0.664. The second-order valence-electron chi connectivity index (χ2n) is 6.26. The molecule has 2 N–H and O–H groups in total. The lowest BCUT2D eigenvalue weighted by Gasteiger charge is -2.24. The molecular weight excluding hydrogens is 264 g/mol. The summed E-state index contributed by atoms with van der Waals surface area (Å²) in [6.45, 7) is 4.17. The molecule has 0 atom stereocenters. The van der Waals surface area contributed by atoms with Gasteiger partial charge in [0.25, 0.3) is 0 Å². The van der Waals surface area contributed by atoms with E-state index in [9.17, 15) is 0 Å². The van der Waals surface area contributed by atoms with Gasteiger partial charge in [0, 0.05) is 19.1 Å². The fourth-order valence-corrected chi connectivity index (χ4v) is 2.73. The zero-order chi connectivity index (χ0) is 14.2. The van der Waals surface area contributed by atoms with E-state index in [2.05, 4.69) is 32.3 Å². The summed E-state index contributed by atoms with van der Waals surface area (Å²) in [4.78, 5) is 11.8. The van der Waals surface area contributed by atoms with E-state index in [1.807, 2.05) is 6.20 Å². The second-order valence-corrected chi connectivity index (χ2v) is 6.26. The van der Waals surface area contributed by atoms with Crippen LogP contribution in [0.5, 0.6) is 0 Å². The van der Waals surface area contributed by atoms with Crippen molar-refractivity contribution in [3.63, 3.8) is 0 Å². The van der Waals surface area contributed by atoms with Crippen LogP contribution in [0, 0.1) is 5.92 Å². The highest BCUT2D eigenvalue weighted by atomic mass is 15.3. The molecule has 0 unspecified atom stereocenters. The van der Waals surface area contributed by atoms with Gasteiger partial charge in [-0.3, -0.25) is 5.10 Å². The first-order valence-electron chi connectivity index (χ1n) is 8.06. The first-order valence-corrected chi connectivity index (χ1v) is 8.06. The summed E-state index contributed by atoms with van der Waals surface area (Å²) >= 11 is 0. The number of hydrogen-bond acceptors (Lipinski definition) is 5. The van der Waals surface area contributed by atoms with Crippen LogP contribution in [0.4, 0.5) is 11.8 Å². The predicted molar refractivity (Wildman–Crippen MR) is 83.6 cm³/mol. The van der Waals surface area contributed by atoms with E-state index >= 15 is 0 Å². The Hall–Kier alpha value is -1.85. The highest BCUT2D eigenvalue weighted by molar-refractivity contribution is 5.87. The van der Waals surface area contributed by atoms with E-state index in [4.69, 9.17) is 4.98 Å². The quantitative estimate of drug-likeness (QED) is 0.818. The van der Waals surface area contributed by atoms with Crippen molar-refractivity contribution in [1.82, 2.24) is 20.2 Å². The van der Waals surface area contributed by atoms with Crippen molar-refractivity contribution in [2.24, 2.45) is 5.92 Å². The van der Waals surface area contributed by atoms with Gasteiger partial charge in [0.05, 0.1) is 11.6 Å². The summed E-state index contributed by atoms with van der Waals surface area (Å²) < 4.78 is 0. The van der Waals surface area contributed by atoms with E-state index < -0.39 is 0 Å². The van der Waals surface area contributed by atoms with E-state index in [1.165, 1.54) is 25.7 Å². The van der Waals surface area contributed by atoms with Gasteiger partial charge in [0.15, 0.2) is 5.65 Å². The maximum absolute atomic E-state index is 4.80. The summed E-state index contributed by atoms with van der Waals surface area (Å²) in [5, 5.41) is 11.5. The monoisotopic (exact) mass is 286 g/mol. The summed E-state index contributed by atoms with van der Waals surface area (Å²) in [6.07, 6.45) is 8.22. The molecule has 2 aromatic heterocycles. The highest BCUT2D eigenvalue weighted by Gasteiger charge is 2.35. The SMILES string of the molecule is CCCNc1nc(N(CC2CC2)C2CC2)c2cn[nH]c2n1.